The number of hydrogen-bond acceptors (Lipinski definition) is 3. The summed E-state index contributed by atoms with van der Waals surface area (Å²) < 4.78 is 0. The summed E-state index contributed by atoms with van der Waals surface area (Å²) in [6.45, 7) is 2.07. The van der Waals surface area contributed by atoms with Crippen molar-refractivity contribution in [3.05, 3.63) is 12.4 Å². The Bertz CT molecular complexity index is 191. The lowest BCUT2D eigenvalue weighted by molar-refractivity contribution is 0.754. The molecule has 0 amide bonds. The summed E-state index contributed by atoms with van der Waals surface area (Å²) in [6.07, 6.45) is 6.08. The fourth-order valence-corrected chi connectivity index (χ4v) is 0.795. The smallest absolute Gasteiger partial charge is 0.109 e. The van der Waals surface area contributed by atoms with Crippen LogP contribution >= 0.6 is 0 Å². The Hall–Kier alpha value is -1.12. The van der Waals surface area contributed by atoms with E-state index >= 15 is 0 Å². The van der Waals surface area contributed by atoms with Crippen molar-refractivity contribution in [1.29, 1.82) is 0 Å². The van der Waals surface area contributed by atoms with Gasteiger partial charge in [0.2, 0.25) is 0 Å². The Morgan fingerprint density at radius 1 is 1.50 bits per heavy atom. The average molecular weight is 137 g/mol. The van der Waals surface area contributed by atoms with E-state index in [4.69, 9.17) is 0 Å². The van der Waals surface area contributed by atoms with Crippen LogP contribution in [-0.4, -0.2) is 24.1 Å². The van der Waals surface area contributed by atoms with Crippen molar-refractivity contribution >= 4 is 12.2 Å². The molecule has 0 fully saturated rings. The zero-order valence-electron chi connectivity index (χ0n) is 6.28. The van der Waals surface area contributed by atoms with E-state index in [-0.39, 0.29) is 0 Å². The third-order valence-corrected chi connectivity index (χ3v) is 1.34. The van der Waals surface area contributed by atoms with E-state index in [0.29, 0.717) is 0 Å². The quantitative estimate of drug-likeness (QED) is 0.534. The van der Waals surface area contributed by atoms with Crippen molar-refractivity contribution in [1.82, 2.24) is 4.90 Å². The molecule has 1 aliphatic rings. The minimum absolute atomic E-state index is 0.937. The van der Waals surface area contributed by atoms with E-state index in [9.17, 15) is 0 Å². The van der Waals surface area contributed by atoms with Crippen molar-refractivity contribution in [2.24, 2.45) is 9.98 Å². The molecule has 10 heavy (non-hydrogen) atoms. The SMILES string of the molecule is CCC1=NC=CN=CN1C. The maximum Gasteiger partial charge on any atom is 0.109 e. The Kier molecular flexibility index (Phi) is 2.20. The molecule has 0 aromatic heterocycles. The molecule has 0 saturated heterocycles. The maximum absolute atomic E-state index is 4.16. The maximum atomic E-state index is 4.16. The lowest BCUT2D eigenvalue weighted by Crippen LogP contribution is -2.23. The first-order valence-corrected chi connectivity index (χ1v) is 3.32. The van der Waals surface area contributed by atoms with E-state index < -0.39 is 0 Å². The van der Waals surface area contributed by atoms with Gasteiger partial charge in [0.25, 0.3) is 0 Å². The van der Waals surface area contributed by atoms with Crippen molar-refractivity contribution in [3.8, 4) is 0 Å². The Balaban J connectivity index is 2.77. The van der Waals surface area contributed by atoms with Gasteiger partial charge in [0.05, 0.1) is 6.34 Å². The van der Waals surface area contributed by atoms with E-state index in [1.165, 1.54) is 0 Å². The molecule has 3 heteroatoms. The summed E-state index contributed by atoms with van der Waals surface area (Å²) in [5.74, 6) is 1.04. The fourth-order valence-electron chi connectivity index (χ4n) is 0.795. The van der Waals surface area contributed by atoms with Crippen LogP contribution in [0, 0.1) is 0 Å². The van der Waals surface area contributed by atoms with Gasteiger partial charge in [-0.25, -0.2) is 9.98 Å². The van der Waals surface area contributed by atoms with Gasteiger partial charge in [0.15, 0.2) is 0 Å². The molecule has 0 atom stereocenters. The van der Waals surface area contributed by atoms with Gasteiger partial charge in [-0.2, -0.15) is 0 Å². The molecule has 0 radical (unpaired) electrons. The normalized spacial score (nSPS) is 17.0. The third-order valence-electron chi connectivity index (χ3n) is 1.34. The molecule has 0 unspecified atom stereocenters. The lowest BCUT2D eigenvalue weighted by atomic mass is 10.4. The third kappa shape index (κ3) is 1.43. The van der Waals surface area contributed by atoms with Gasteiger partial charge in [-0.05, 0) is 0 Å². The molecule has 0 aromatic rings. The summed E-state index contributed by atoms with van der Waals surface area (Å²) in [6, 6.07) is 0. The molecule has 1 rings (SSSR count). The minimum Gasteiger partial charge on any atom is -0.324 e. The predicted molar refractivity (Wildman–Crippen MR) is 43.1 cm³/mol. The van der Waals surface area contributed by atoms with Crippen molar-refractivity contribution in [3.63, 3.8) is 0 Å². The number of nitrogens with zero attached hydrogens (tertiary/aromatic N) is 3. The summed E-state index contributed by atoms with van der Waals surface area (Å²) in [5, 5.41) is 0. The first-order valence-electron chi connectivity index (χ1n) is 3.32. The molecule has 0 spiro atoms. The molecule has 0 N–H and O–H groups in total. The minimum atomic E-state index is 0.937. The first kappa shape index (κ1) is 6.99. The zero-order valence-corrected chi connectivity index (χ0v) is 6.28. The molecule has 0 aromatic carbocycles. The fraction of sp³-hybridized carbons (Fsp3) is 0.429. The van der Waals surface area contributed by atoms with Gasteiger partial charge in [-0.15, -0.1) is 0 Å². The largest absolute Gasteiger partial charge is 0.324 e. The van der Waals surface area contributed by atoms with Crippen molar-refractivity contribution in [2.75, 3.05) is 7.05 Å². The first-order chi connectivity index (χ1) is 4.84. The van der Waals surface area contributed by atoms with Crippen LogP contribution in [0.15, 0.2) is 22.4 Å². The average Bonchev–Trinajstić information content (AvgIpc) is 2.13. The summed E-state index contributed by atoms with van der Waals surface area (Å²) >= 11 is 0. The Morgan fingerprint density at radius 3 is 3.00 bits per heavy atom. The van der Waals surface area contributed by atoms with Gasteiger partial charge in [0.1, 0.15) is 5.84 Å². The van der Waals surface area contributed by atoms with Crippen LogP contribution in [0.5, 0.6) is 0 Å². The summed E-state index contributed by atoms with van der Waals surface area (Å²) in [7, 11) is 1.94. The van der Waals surface area contributed by atoms with Crippen LogP contribution in [0.25, 0.3) is 0 Å². The molecule has 3 nitrogen and oxygen atoms in total. The van der Waals surface area contributed by atoms with Crippen LogP contribution in [0.3, 0.4) is 0 Å². The second-order valence-corrected chi connectivity index (χ2v) is 2.07. The standard InChI is InChI=1S/C7H11N3/c1-3-7-9-5-4-8-6-10(7)2/h4-6H,3H2,1-2H3. The van der Waals surface area contributed by atoms with Crippen LogP contribution in [-0.2, 0) is 0 Å². The second-order valence-electron chi connectivity index (χ2n) is 2.07. The van der Waals surface area contributed by atoms with E-state index in [1.807, 2.05) is 11.9 Å². The van der Waals surface area contributed by atoms with Crippen LogP contribution in [0.1, 0.15) is 13.3 Å². The van der Waals surface area contributed by atoms with Gasteiger partial charge >= 0.3 is 0 Å². The highest BCUT2D eigenvalue weighted by Gasteiger charge is 1.99. The topological polar surface area (TPSA) is 28.0 Å². The molecular formula is C7H11N3. The number of aliphatic imine (C=N–C) groups is 2. The van der Waals surface area contributed by atoms with E-state index in [1.54, 1.807) is 18.7 Å². The number of rotatable bonds is 1. The lowest BCUT2D eigenvalue weighted by Gasteiger charge is -2.11. The Morgan fingerprint density at radius 2 is 2.30 bits per heavy atom. The highest BCUT2D eigenvalue weighted by molar-refractivity contribution is 5.92. The Labute approximate surface area is 60.8 Å². The second kappa shape index (κ2) is 3.15. The van der Waals surface area contributed by atoms with Crippen LogP contribution in [0.2, 0.25) is 0 Å². The molecule has 0 saturated carbocycles. The van der Waals surface area contributed by atoms with Crippen molar-refractivity contribution < 1.29 is 0 Å². The van der Waals surface area contributed by atoms with Gasteiger partial charge in [0, 0.05) is 25.9 Å². The van der Waals surface area contributed by atoms with E-state index in [2.05, 4.69) is 16.9 Å². The molecule has 1 heterocycles. The van der Waals surface area contributed by atoms with Crippen LogP contribution in [0.4, 0.5) is 0 Å². The highest BCUT2D eigenvalue weighted by Crippen LogP contribution is 1.95. The molecule has 0 aliphatic carbocycles. The molecular weight excluding hydrogens is 126 g/mol. The summed E-state index contributed by atoms with van der Waals surface area (Å²) in [5.41, 5.74) is 0. The van der Waals surface area contributed by atoms with E-state index in [0.717, 1.165) is 12.3 Å². The number of hydrogen-bond donors (Lipinski definition) is 0. The number of amidine groups is 1. The van der Waals surface area contributed by atoms with Crippen LogP contribution < -0.4 is 0 Å². The van der Waals surface area contributed by atoms with Gasteiger partial charge in [-0.3, -0.25) is 0 Å². The predicted octanol–water partition coefficient (Wildman–Crippen LogP) is 1.24. The van der Waals surface area contributed by atoms with Gasteiger partial charge < -0.3 is 4.90 Å². The van der Waals surface area contributed by atoms with Crippen molar-refractivity contribution in [2.45, 2.75) is 13.3 Å². The highest BCUT2D eigenvalue weighted by atomic mass is 15.2. The molecule has 0 bridgehead atoms. The molecule has 1 aliphatic heterocycles. The molecule has 54 valence electrons. The zero-order chi connectivity index (χ0) is 7.40. The van der Waals surface area contributed by atoms with Gasteiger partial charge in [-0.1, -0.05) is 6.92 Å². The monoisotopic (exact) mass is 137 g/mol. The summed E-state index contributed by atoms with van der Waals surface area (Å²) in [4.78, 5) is 10.0.